The number of nitrogens with one attached hydrogen (secondary N) is 1. The lowest BCUT2D eigenvalue weighted by atomic mass is 10.1. The van der Waals surface area contributed by atoms with Gasteiger partial charge in [-0.3, -0.25) is 4.79 Å². The average Bonchev–Trinajstić information content (AvgIpc) is 3.33. The molecule has 0 aliphatic carbocycles. The minimum Gasteiger partial charge on any atom is -0.449 e. The van der Waals surface area contributed by atoms with Gasteiger partial charge in [-0.2, -0.15) is 0 Å². The maximum absolute atomic E-state index is 13.0. The number of benzene rings is 2. The number of carbonyl (C=O) groups excluding carboxylic acids is 2. The second kappa shape index (κ2) is 9.10. The summed E-state index contributed by atoms with van der Waals surface area (Å²) in [4.78, 5) is 31.0. The molecule has 1 atom stereocenters. The van der Waals surface area contributed by atoms with Gasteiger partial charge in [-0.15, -0.1) is 11.3 Å². The number of hydrogen-bond acceptors (Lipinski definition) is 7. The van der Waals surface area contributed by atoms with Crippen LogP contribution in [0, 0.1) is 0 Å². The number of rotatable bonds is 6. The zero-order valence-corrected chi connectivity index (χ0v) is 19.0. The number of esters is 1. The molecule has 2 aromatic carbocycles. The number of para-hydroxylation sites is 1. The van der Waals surface area contributed by atoms with Gasteiger partial charge in [-0.05, 0) is 54.8 Å². The van der Waals surface area contributed by atoms with Crippen LogP contribution in [-0.4, -0.2) is 31.4 Å². The number of amides is 1. The molecule has 3 N–H and O–H groups in total. The standard InChI is InChI=1S/C23H19N3O5S2/c1-14(22(27)25-15-8-10-16(11-9-15)33(24,29)30)31-23(28)18-13-20(21-7-4-12-32-21)26-19-6-3-2-5-17(18)19/h2-14H,1H3,(H,25,27)(H2,24,29,30). The molecule has 33 heavy (non-hydrogen) atoms. The number of aromatic nitrogens is 1. The van der Waals surface area contributed by atoms with Crippen molar-refractivity contribution < 1.29 is 22.7 Å². The molecule has 168 valence electrons. The van der Waals surface area contributed by atoms with Crippen LogP contribution in [0.3, 0.4) is 0 Å². The Hall–Kier alpha value is -3.60. The molecule has 2 aromatic heterocycles. The number of fused-ring (bicyclic) bond motifs is 1. The van der Waals surface area contributed by atoms with Gasteiger partial charge < -0.3 is 10.1 Å². The van der Waals surface area contributed by atoms with Crippen molar-refractivity contribution in [3.05, 3.63) is 77.7 Å². The molecule has 4 aromatic rings. The van der Waals surface area contributed by atoms with E-state index in [1.54, 1.807) is 18.2 Å². The van der Waals surface area contributed by atoms with Gasteiger partial charge in [-0.25, -0.2) is 23.3 Å². The minimum absolute atomic E-state index is 0.0777. The summed E-state index contributed by atoms with van der Waals surface area (Å²) < 4.78 is 28.1. The van der Waals surface area contributed by atoms with Crippen LogP contribution in [0.1, 0.15) is 17.3 Å². The molecule has 0 fully saturated rings. The molecule has 0 bridgehead atoms. The van der Waals surface area contributed by atoms with E-state index in [9.17, 15) is 18.0 Å². The summed E-state index contributed by atoms with van der Waals surface area (Å²) >= 11 is 1.50. The van der Waals surface area contributed by atoms with Crippen LogP contribution in [0.5, 0.6) is 0 Å². The van der Waals surface area contributed by atoms with Crippen LogP contribution in [-0.2, 0) is 19.6 Å². The van der Waals surface area contributed by atoms with E-state index in [0.717, 1.165) is 4.88 Å². The fourth-order valence-electron chi connectivity index (χ4n) is 3.14. The Morgan fingerprint density at radius 1 is 1.06 bits per heavy atom. The van der Waals surface area contributed by atoms with Crippen LogP contribution in [0.4, 0.5) is 5.69 Å². The Morgan fingerprint density at radius 2 is 1.79 bits per heavy atom. The molecule has 0 radical (unpaired) electrons. The van der Waals surface area contributed by atoms with Gasteiger partial charge in [0.1, 0.15) is 0 Å². The molecule has 0 aliphatic rings. The van der Waals surface area contributed by atoms with E-state index in [2.05, 4.69) is 10.3 Å². The van der Waals surface area contributed by atoms with Crippen molar-refractivity contribution in [2.75, 3.05) is 5.32 Å². The third-order valence-corrected chi connectivity index (χ3v) is 6.63. The van der Waals surface area contributed by atoms with Crippen LogP contribution >= 0.6 is 11.3 Å². The second-order valence-corrected chi connectivity index (χ2v) is 9.66. The van der Waals surface area contributed by atoms with Gasteiger partial charge in [0.2, 0.25) is 10.0 Å². The van der Waals surface area contributed by atoms with Crippen LogP contribution in [0.25, 0.3) is 21.5 Å². The Kier molecular flexibility index (Phi) is 6.23. The summed E-state index contributed by atoms with van der Waals surface area (Å²) in [5.41, 5.74) is 1.93. The smallest absolute Gasteiger partial charge is 0.339 e. The molecule has 0 aliphatic heterocycles. The lowest BCUT2D eigenvalue weighted by Crippen LogP contribution is -2.30. The van der Waals surface area contributed by atoms with Gasteiger partial charge in [0.05, 0.1) is 26.5 Å². The SMILES string of the molecule is CC(OC(=O)c1cc(-c2cccs2)nc2ccccc12)C(=O)Nc1ccc(S(N)(=O)=O)cc1. The Morgan fingerprint density at radius 3 is 2.45 bits per heavy atom. The lowest BCUT2D eigenvalue weighted by Gasteiger charge is -2.15. The molecule has 8 nitrogen and oxygen atoms in total. The monoisotopic (exact) mass is 481 g/mol. The highest BCUT2D eigenvalue weighted by molar-refractivity contribution is 7.89. The number of sulfonamides is 1. The zero-order valence-electron chi connectivity index (χ0n) is 17.4. The summed E-state index contributed by atoms with van der Waals surface area (Å²) in [5.74, 6) is -1.22. The predicted octanol–water partition coefficient (Wildman–Crippen LogP) is 3.79. The van der Waals surface area contributed by atoms with Crippen molar-refractivity contribution in [3.8, 4) is 10.6 Å². The highest BCUT2D eigenvalue weighted by Crippen LogP contribution is 2.28. The van der Waals surface area contributed by atoms with Crippen molar-refractivity contribution >= 4 is 49.8 Å². The van der Waals surface area contributed by atoms with Gasteiger partial charge >= 0.3 is 5.97 Å². The fourth-order valence-corrected chi connectivity index (χ4v) is 4.35. The first kappa shape index (κ1) is 22.6. The molecule has 2 heterocycles. The summed E-state index contributed by atoms with van der Waals surface area (Å²) in [6.45, 7) is 1.45. The van der Waals surface area contributed by atoms with Gasteiger partial charge in [0, 0.05) is 11.1 Å². The second-order valence-electron chi connectivity index (χ2n) is 7.16. The van der Waals surface area contributed by atoms with Crippen molar-refractivity contribution in [2.24, 2.45) is 5.14 Å². The van der Waals surface area contributed by atoms with E-state index in [4.69, 9.17) is 9.88 Å². The number of ether oxygens (including phenoxy) is 1. The van der Waals surface area contributed by atoms with E-state index in [-0.39, 0.29) is 4.90 Å². The Labute approximate surface area is 194 Å². The number of thiophene rings is 1. The van der Waals surface area contributed by atoms with Crippen LogP contribution < -0.4 is 10.5 Å². The molecular weight excluding hydrogens is 462 g/mol. The molecule has 0 spiro atoms. The topological polar surface area (TPSA) is 128 Å². The number of anilines is 1. The van der Waals surface area contributed by atoms with Crippen molar-refractivity contribution in [3.63, 3.8) is 0 Å². The average molecular weight is 482 g/mol. The molecule has 1 unspecified atom stereocenters. The summed E-state index contributed by atoms with van der Waals surface area (Å²) in [6.07, 6.45) is -1.10. The van der Waals surface area contributed by atoms with Crippen LogP contribution in [0.2, 0.25) is 0 Å². The third kappa shape index (κ3) is 5.08. The highest BCUT2D eigenvalue weighted by atomic mass is 32.2. The summed E-state index contributed by atoms with van der Waals surface area (Å²) in [6, 6.07) is 18.0. The molecule has 0 saturated carbocycles. The summed E-state index contributed by atoms with van der Waals surface area (Å²) in [7, 11) is -3.84. The maximum atomic E-state index is 13.0. The Bertz CT molecular complexity index is 1430. The van der Waals surface area contributed by atoms with Gasteiger partial charge in [0.15, 0.2) is 6.10 Å². The zero-order chi connectivity index (χ0) is 23.6. The van der Waals surface area contributed by atoms with E-state index in [0.29, 0.717) is 27.8 Å². The van der Waals surface area contributed by atoms with E-state index < -0.39 is 28.0 Å². The number of primary sulfonamides is 1. The Balaban J connectivity index is 1.53. The van der Waals surface area contributed by atoms with Gasteiger partial charge in [-0.1, -0.05) is 24.3 Å². The van der Waals surface area contributed by atoms with Crippen molar-refractivity contribution in [2.45, 2.75) is 17.9 Å². The van der Waals surface area contributed by atoms with Crippen LogP contribution in [0.15, 0.2) is 77.0 Å². The van der Waals surface area contributed by atoms with E-state index in [1.165, 1.54) is 42.5 Å². The summed E-state index contributed by atoms with van der Waals surface area (Å²) in [5, 5.41) is 10.2. The largest absolute Gasteiger partial charge is 0.449 e. The third-order valence-electron chi connectivity index (χ3n) is 4.81. The highest BCUT2D eigenvalue weighted by Gasteiger charge is 2.22. The number of pyridine rings is 1. The number of hydrogen-bond donors (Lipinski definition) is 2. The molecule has 1 amide bonds. The van der Waals surface area contributed by atoms with Gasteiger partial charge in [0.25, 0.3) is 5.91 Å². The first-order valence-corrected chi connectivity index (χ1v) is 12.2. The molecular formula is C23H19N3O5S2. The quantitative estimate of drug-likeness (QED) is 0.403. The lowest BCUT2D eigenvalue weighted by molar-refractivity contribution is -0.123. The number of nitrogens with zero attached hydrogens (tertiary/aromatic N) is 1. The molecule has 10 heteroatoms. The maximum Gasteiger partial charge on any atom is 0.339 e. The number of carbonyl (C=O) groups is 2. The fraction of sp³-hybridized carbons (Fsp3) is 0.0870. The van der Waals surface area contributed by atoms with E-state index in [1.807, 2.05) is 29.6 Å². The molecule has 0 saturated heterocycles. The minimum atomic E-state index is -3.84. The van der Waals surface area contributed by atoms with Crippen molar-refractivity contribution in [1.82, 2.24) is 4.98 Å². The molecule has 4 rings (SSSR count). The normalized spacial score (nSPS) is 12.3. The first-order valence-electron chi connectivity index (χ1n) is 9.81. The first-order chi connectivity index (χ1) is 15.7. The van der Waals surface area contributed by atoms with E-state index >= 15 is 0 Å². The number of nitrogens with two attached hydrogens (primary N) is 1. The van der Waals surface area contributed by atoms with Crippen molar-refractivity contribution in [1.29, 1.82) is 0 Å². The predicted molar refractivity (Wildman–Crippen MR) is 126 cm³/mol.